The topological polar surface area (TPSA) is 15.6 Å². The summed E-state index contributed by atoms with van der Waals surface area (Å²) in [5.74, 6) is 0.310. The molecule has 5 heteroatoms. The van der Waals surface area contributed by atoms with Crippen LogP contribution in [0.15, 0.2) is 28.8 Å². The average Bonchev–Trinajstić information content (AvgIpc) is 2.09. The second kappa shape index (κ2) is 4.70. The molecule has 0 aromatic heterocycles. The van der Waals surface area contributed by atoms with E-state index in [0.717, 1.165) is 15.1 Å². The molecule has 0 unspecified atom stereocenters. The van der Waals surface area contributed by atoms with Gasteiger partial charge in [0.05, 0.1) is 0 Å². The number of aryl methyl sites for hydroxylation is 1. The first-order valence-corrected chi connectivity index (χ1v) is 4.54. The molecule has 0 amide bonds. The Morgan fingerprint density at radius 1 is 1.23 bits per heavy atom. The summed E-state index contributed by atoms with van der Waals surface area (Å²) in [6.45, 7) is 1.99. The standard InChI is InChI=1S/C8H7Cl3N2/c1-6-2-4-7(5-3-6)8(12-9)13(10)11/h2-5H,1H3/b12-8-. The van der Waals surface area contributed by atoms with Crippen molar-refractivity contribution < 1.29 is 0 Å². The Hall–Kier alpha value is -0.440. The molecule has 0 saturated carbocycles. The van der Waals surface area contributed by atoms with Gasteiger partial charge in [0.1, 0.15) is 0 Å². The summed E-state index contributed by atoms with van der Waals surface area (Å²) in [5, 5.41) is 0. The average molecular weight is 238 g/mol. The van der Waals surface area contributed by atoms with Crippen molar-refractivity contribution in [2.24, 2.45) is 4.51 Å². The third-order valence-electron chi connectivity index (χ3n) is 1.55. The zero-order valence-electron chi connectivity index (χ0n) is 6.84. The number of nitrogens with zero attached hydrogens (tertiary/aromatic N) is 2. The fraction of sp³-hybridized carbons (Fsp3) is 0.125. The minimum Gasteiger partial charge on any atom is -0.173 e. The fourth-order valence-corrected chi connectivity index (χ4v) is 1.40. The molecule has 0 radical (unpaired) electrons. The monoisotopic (exact) mass is 236 g/mol. The molecule has 0 N–H and O–H groups in total. The number of benzene rings is 1. The van der Waals surface area contributed by atoms with E-state index in [9.17, 15) is 0 Å². The van der Waals surface area contributed by atoms with E-state index in [1.54, 1.807) is 0 Å². The minimum atomic E-state index is 0.310. The van der Waals surface area contributed by atoms with Crippen molar-refractivity contribution >= 4 is 41.2 Å². The fourth-order valence-electron chi connectivity index (χ4n) is 0.878. The molecule has 1 aromatic carbocycles. The summed E-state index contributed by atoms with van der Waals surface area (Å²) in [6, 6.07) is 7.53. The zero-order chi connectivity index (χ0) is 9.84. The van der Waals surface area contributed by atoms with Crippen LogP contribution in [0.2, 0.25) is 0 Å². The molecule has 0 aliphatic heterocycles. The molecule has 0 heterocycles. The maximum atomic E-state index is 5.50. The zero-order valence-corrected chi connectivity index (χ0v) is 9.11. The first-order valence-electron chi connectivity index (χ1n) is 3.53. The lowest BCUT2D eigenvalue weighted by molar-refractivity contribution is 1.08. The van der Waals surface area contributed by atoms with E-state index in [1.165, 1.54) is 0 Å². The predicted octanol–water partition coefficient (Wildman–Crippen LogP) is 3.51. The van der Waals surface area contributed by atoms with Crippen LogP contribution >= 0.6 is 35.3 Å². The lowest BCUT2D eigenvalue weighted by atomic mass is 10.1. The third kappa shape index (κ3) is 2.76. The summed E-state index contributed by atoms with van der Waals surface area (Å²) in [4.78, 5) is 0. The van der Waals surface area contributed by atoms with Gasteiger partial charge in [-0.2, -0.15) is 8.45 Å². The van der Waals surface area contributed by atoms with Crippen LogP contribution < -0.4 is 0 Å². The van der Waals surface area contributed by atoms with E-state index in [4.69, 9.17) is 35.3 Å². The Kier molecular flexibility index (Phi) is 3.85. The van der Waals surface area contributed by atoms with E-state index in [0.29, 0.717) is 5.84 Å². The van der Waals surface area contributed by atoms with Gasteiger partial charge in [-0.25, -0.2) is 0 Å². The number of hydrogen-bond donors (Lipinski definition) is 0. The van der Waals surface area contributed by atoms with Crippen LogP contribution in [-0.4, -0.2) is 9.77 Å². The Morgan fingerprint density at radius 2 is 1.77 bits per heavy atom. The second-order valence-electron chi connectivity index (χ2n) is 2.51. The van der Waals surface area contributed by atoms with Crippen molar-refractivity contribution in [2.75, 3.05) is 0 Å². The Bertz CT molecular complexity index is 306. The molecule has 2 nitrogen and oxygen atoms in total. The van der Waals surface area contributed by atoms with Gasteiger partial charge in [-0.05, 0) is 6.92 Å². The number of hydrogen-bond acceptors (Lipinski definition) is 1. The normalized spacial score (nSPS) is 11.5. The molecule has 0 fully saturated rings. The van der Waals surface area contributed by atoms with E-state index in [2.05, 4.69) is 4.51 Å². The van der Waals surface area contributed by atoms with Crippen LogP contribution in [0.3, 0.4) is 0 Å². The van der Waals surface area contributed by atoms with Crippen LogP contribution in [0.4, 0.5) is 0 Å². The molecule has 13 heavy (non-hydrogen) atoms. The van der Waals surface area contributed by atoms with E-state index in [1.807, 2.05) is 31.2 Å². The van der Waals surface area contributed by atoms with E-state index in [-0.39, 0.29) is 0 Å². The summed E-state index contributed by atoms with van der Waals surface area (Å²) >= 11 is 16.3. The largest absolute Gasteiger partial charge is 0.180 e. The van der Waals surface area contributed by atoms with Crippen molar-refractivity contribution in [1.82, 2.24) is 3.94 Å². The van der Waals surface area contributed by atoms with Gasteiger partial charge in [0.2, 0.25) is 0 Å². The molecule has 0 aliphatic rings. The molecule has 0 bridgehead atoms. The van der Waals surface area contributed by atoms with E-state index >= 15 is 0 Å². The summed E-state index contributed by atoms with van der Waals surface area (Å²) in [5.41, 5.74) is 1.92. The highest BCUT2D eigenvalue weighted by atomic mass is 35.5. The van der Waals surface area contributed by atoms with Crippen LogP contribution in [0.5, 0.6) is 0 Å². The van der Waals surface area contributed by atoms with Crippen molar-refractivity contribution in [1.29, 1.82) is 0 Å². The number of rotatable bonds is 1. The lowest BCUT2D eigenvalue weighted by Crippen LogP contribution is -2.11. The maximum Gasteiger partial charge on any atom is 0.180 e. The summed E-state index contributed by atoms with van der Waals surface area (Å²) in [7, 11) is 0. The highest BCUT2D eigenvalue weighted by Crippen LogP contribution is 2.12. The van der Waals surface area contributed by atoms with Crippen molar-refractivity contribution in [2.45, 2.75) is 6.92 Å². The molecule has 1 aromatic rings. The Labute approximate surface area is 92.1 Å². The molecule has 0 atom stereocenters. The molecular weight excluding hydrogens is 230 g/mol. The van der Waals surface area contributed by atoms with Gasteiger partial charge in [-0.15, -0.1) is 0 Å². The van der Waals surface area contributed by atoms with Gasteiger partial charge in [0.15, 0.2) is 5.84 Å². The van der Waals surface area contributed by atoms with Crippen LogP contribution in [-0.2, 0) is 0 Å². The lowest BCUT2D eigenvalue weighted by Gasteiger charge is -2.07. The maximum absolute atomic E-state index is 5.50. The van der Waals surface area contributed by atoms with Gasteiger partial charge in [-0.1, -0.05) is 29.8 Å². The second-order valence-corrected chi connectivity index (χ2v) is 3.53. The van der Waals surface area contributed by atoms with Gasteiger partial charge in [-0.3, -0.25) is 0 Å². The molecule has 70 valence electrons. The van der Waals surface area contributed by atoms with Crippen LogP contribution in [0, 0.1) is 6.92 Å². The smallest absolute Gasteiger partial charge is 0.173 e. The minimum absolute atomic E-state index is 0.310. The van der Waals surface area contributed by atoms with Gasteiger partial charge in [0.25, 0.3) is 0 Å². The number of halogens is 3. The third-order valence-corrected chi connectivity index (χ3v) is 2.03. The Morgan fingerprint density at radius 3 is 2.15 bits per heavy atom. The molecular formula is C8H7Cl3N2. The highest BCUT2D eigenvalue weighted by Gasteiger charge is 2.08. The van der Waals surface area contributed by atoms with E-state index < -0.39 is 0 Å². The van der Waals surface area contributed by atoms with Gasteiger partial charge >= 0.3 is 0 Å². The van der Waals surface area contributed by atoms with Crippen LogP contribution in [0.1, 0.15) is 11.1 Å². The number of amidine groups is 1. The van der Waals surface area contributed by atoms with Gasteiger partial charge < -0.3 is 0 Å². The van der Waals surface area contributed by atoms with Crippen molar-refractivity contribution in [3.05, 3.63) is 35.4 Å². The molecule has 0 spiro atoms. The SMILES string of the molecule is Cc1ccc(/C(=N/Cl)N(Cl)Cl)cc1. The first-order chi connectivity index (χ1) is 6.15. The van der Waals surface area contributed by atoms with Crippen LogP contribution in [0.25, 0.3) is 0 Å². The highest BCUT2D eigenvalue weighted by molar-refractivity contribution is 6.45. The quantitative estimate of drug-likeness (QED) is 0.415. The van der Waals surface area contributed by atoms with Crippen molar-refractivity contribution in [3.63, 3.8) is 0 Å². The predicted molar refractivity (Wildman–Crippen MR) is 57.1 cm³/mol. The molecule has 0 saturated heterocycles. The Balaban J connectivity index is 3.00. The van der Waals surface area contributed by atoms with Crippen molar-refractivity contribution in [3.8, 4) is 0 Å². The summed E-state index contributed by atoms with van der Waals surface area (Å²) < 4.78 is 4.27. The summed E-state index contributed by atoms with van der Waals surface area (Å²) in [6.07, 6.45) is 0. The first kappa shape index (κ1) is 10.6. The van der Waals surface area contributed by atoms with Gasteiger partial charge in [0, 0.05) is 40.9 Å². The molecule has 1 rings (SSSR count). The molecule has 0 aliphatic carbocycles.